The molecule has 0 spiro atoms. The fourth-order valence-electron chi connectivity index (χ4n) is 4.92. The van der Waals surface area contributed by atoms with E-state index >= 15 is 0 Å². The minimum atomic E-state index is 0.403. The molecular formula is C40H75N31. The molecule has 8 aromatic rings. The van der Waals surface area contributed by atoms with Gasteiger partial charge in [-0.1, -0.05) is 10.4 Å². The first-order chi connectivity index (χ1) is 34.3. The molecule has 19 N–H and O–H groups in total. The Balaban J connectivity index is 0.000000400. The number of hydrogen-bond acceptors (Lipinski definition) is 23. The van der Waals surface area contributed by atoms with Crippen molar-refractivity contribution < 1.29 is 0 Å². The van der Waals surface area contributed by atoms with Crippen molar-refractivity contribution in [3.05, 3.63) is 120 Å². The average molecular weight is 990 g/mol. The van der Waals surface area contributed by atoms with Crippen molar-refractivity contribution in [3.63, 3.8) is 0 Å². The highest BCUT2D eigenvalue weighted by molar-refractivity contribution is 5.99. The fourth-order valence-corrected chi connectivity index (χ4v) is 4.92. The lowest BCUT2D eigenvalue weighted by atomic mass is 10.3. The Hall–Kier alpha value is -7.62. The Morgan fingerprint density at radius 1 is 0.620 bits per heavy atom. The first-order valence-electron chi connectivity index (χ1n) is 22.0. The lowest BCUT2D eigenvalue weighted by molar-refractivity contribution is 0.604. The predicted octanol–water partition coefficient (Wildman–Crippen LogP) is -2.70. The molecule has 31 nitrogen and oxygen atoms in total. The summed E-state index contributed by atoms with van der Waals surface area (Å²) < 4.78 is 12.1. The molecule has 8 aromatic heterocycles. The Morgan fingerprint density at radius 3 is 1.54 bits per heavy atom. The van der Waals surface area contributed by atoms with E-state index in [9.17, 15) is 0 Å². The first-order valence-corrected chi connectivity index (χ1v) is 22.0. The molecule has 0 atom stereocenters. The topological polar surface area (TPSA) is 464 Å². The lowest BCUT2D eigenvalue weighted by Crippen LogP contribution is -2.12. The van der Waals surface area contributed by atoms with Gasteiger partial charge >= 0.3 is 0 Å². The second-order valence-corrected chi connectivity index (χ2v) is 14.1. The van der Waals surface area contributed by atoms with Crippen molar-refractivity contribution >= 4 is 11.9 Å². The minimum Gasteiger partial charge on any atom is -0.329 e. The molecule has 1 aliphatic heterocycles. The van der Waals surface area contributed by atoms with Crippen molar-refractivity contribution in [1.29, 1.82) is 0 Å². The van der Waals surface area contributed by atoms with Crippen LogP contribution in [0.1, 0.15) is 46.4 Å². The van der Waals surface area contributed by atoms with E-state index in [0.717, 1.165) is 59.5 Å². The van der Waals surface area contributed by atoms with Gasteiger partial charge in [-0.2, -0.15) is 46.0 Å². The number of nitrogens with one attached hydrogen (secondary N) is 1. The lowest BCUT2D eigenvalue weighted by Gasteiger charge is -1.98. The number of H-pyrrole nitrogens is 1. The molecule has 0 fully saturated rings. The van der Waals surface area contributed by atoms with Crippen LogP contribution < -0.4 is 51.6 Å². The molecule has 9 heterocycles. The van der Waals surface area contributed by atoms with Crippen LogP contribution in [0.2, 0.25) is 0 Å². The number of nitrogens with zero attached hydrogens (tertiary/aromatic N) is 21. The van der Waals surface area contributed by atoms with Crippen LogP contribution in [-0.2, 0) is 66.8 Å². The average Bonchev–Trinajstić information content (AvgIpc) is 4.23. The minimum absolute atomic E-state index is 0.403. The van der Waals surface area contributed by atoms with E-state index in [1.165, 1.54) is 5.69 Å². The van der Waals surface area contributed by atoms with Gasteiger partial charge in [-0.3, -0.25) is 23.4 Å². The monoisotopic (exact) mass is 990 g/mol. The molecule has 9 rings (SSSR count). The fraction of sp³-hybridized carbons (Fsp3) is 0.450. The van der Waals surface area contributed by atoms with E-state index in [-0.39, 0.29) is 0 Å². The number of rotatable bonds is 11. The number of aromatic amines is 1. The molecule has 0 aromatic carbocycles. The van der Waals surface area contributed by atoms with E-state index in [2.05, 4.69) is 82.9 Å². The summed E-state index contributed by atoms with van der Waals surface area (Å²) >= 11 is 0. The smallest absolute Gasteiger partial charge is 0.146 e. The summed E-state index contributed by atoms with van der Waals surface area (Å²) in [6.45, 7) is 14.2. The predicted molar refractivity (Wildman–Crippen MR) is 270 cm³/mol. The van der Waals surface area contributed by atoms with E-state index in [1.807, 2.05) is 77.1 Å². The third kappa shape index (κ3) is 27.8. The Kier molecular flexibility index (Phi) is 33.1. The maximum atomic E-state index is 5.38. The summed E-state index contributed by atoms with van der Waals surface area (Å²) in [7, 11) is 3.67. The van der Waals surface area contributed by atoms with Crippen molar-refractivity contribution in [2.75, 3.05) is 19.6 Å². The van der Waals surface area contributed by atoms with E-state index in [1.54, 1.807) is 77.7 Å². The van der Waals surface area contributed by atoms with Gasteiger partial charge in [-0.25, -0.2) is 4.68 Å². The third-order valence-corrected chi connectivity index (χ3v) is 8.41. The van der Waals surface area contributed by atoms with Gasteiger partial charge in [0, 0.05) is 108 Å². The van der Waals surface area contributed by atoms with Crippen LogP contribution in [0.25, 0.3) is 0 Å². The standard InChI is InChI=1S/C7H13N3.C6H11N3.C5H9N3.2C4H8N4.2C4H7N3.2C3H6N4/c1-6-5-7(2)10(9-6)4-3-8;1-5-3-6(2)9(4-7)8-5;6-2-5-8-4-1-3-7-8;1-8-3-6-7-4(8)2-5;1-8-3-4(2-5)6-7-8;5-3-4-1-2-6-7-4;5-4-7-3-1-2-6-7;4-1-3-2-5-7-6-3;4-3-7-2-1-5-6-7/h5H,3-4,8H2,1-2H3;3H,4,7H2,1-2H3;1,3-4H,2,5-6H2;2*3H,2,5H2,1H3;2H,1,3,5H2;1-3H,4-5H2;2H,1,4H2,(H,5,6,7);1-2H,3-4H2. The van der Waals surface area contributed by atoms with Crippen LogP contribution in [0.3, 0.4) is 0 Å². The second kappa shape index (κ2) is 38.3. The normalized spacial score (nSPS) is 10.5. The van der Waals surface area contributed by atoms with Crippen LogP contribution in [0.5, 0.6) is 0 Å². The highest BCUT2D eigenvalue weighted by Gasteiger charge is 1.99. The maximum Gasteiger partial charge on any atom is 0.146 e. The van der Waals surface area contributed by atoms with Crippen LogP contribution in [-0.4, -0.2) is 131 Å². The molecule has 31 heteroatoms. The van der Waals surface area contributed by atoms with Crippen LogP contribution in [0, 0.1) is 27.7 Å². The SMILES string of the molecule is Cc1cc(C)n(CCN)n1.Cc1cc(C)n(CN)n1.Cn1cc(CN)nn1.Cn1cnnc1CN.NCC1=NN=CC1.NCCn1cccn1.NCc1cn[nH]n1.NCn1cccn1.NCn1ccnn1. The van der Waals surface area contributed by atoms with Gasteiger partial charge < -0.3 is 56.2 Å². The molecule has 0 radical (unpaired) electrons. The number of hydrogen-bond donors (Lipinski definition) is 10. The van der Waals surface area contributed by atoms with Gasteiger partial charge in [0.2, 0.25) is 0 Å². The molecule has 0 unspecified atom stereocenters. The van der Waals surface area contributed by atoms with E-state index < -0.39 is 0 Å². The van der Waals surface area contributed by atoms with Crippen LogP contribution >= 0.6 is 0 Å². The van der Waals surface area contributed by atoms with Gasteiger partial charge in [0.15, 0.2) is 0 Å². The molecule has 0 amide bonds. The highest BCUT2D eigenvalue weighted by Crippen LogP contribution is 2.00. The largest absolute Gasteiger partial charge is 0.329 e. The summed E-state index contributed by atoms with van der Waals surface area (Å²) in [5.74, 6) is 0.810. The summed E-state index contributed by atoms with van der Waals surface area (Å²) in [6, 6.07) is 7.78. The van der Waals surface area contributed by atoms with E-state index in [4.69, 9.17) is 51.6 Å². The Bertz CT molecular complexity index is 2370. The third-order valence-electron chi connectivity index (χ3n) is 8.41. The number of aromatic nitrogens is 20. The van der Waals surface area contributed by atoms with E-state index in [0.29, 0.717) is 59.3 Å². The van der Waals surface area contributed by atoms with Crippen LogP contribution in [0.15, 0.2) is 90.4 Å². The molecule has 0 saturated carbocycles. The maximum absolute atomic E-state index is 5.38. The van der Waals surface area contributed by atoms with Gasteiger partial charge in [-0.15, -0.1) is 20.4 Å². The quantitative estimate of drug-likeness (QED) is 0.0630. The number of nitrogens with two attached hydrogens (primary N) is 9. The zero-order valence-electron chi connectivity index (χ0n) is 41.7. The van der Waals surface area contributed by atoms with Crippen molar-refractivity contribution in [2.24, 2.45) is 75.9 Å². The first kappa shape index (κ1) is 61.4. The van der Waals surface area contributed by atoms with Gasteiger partial charge in [0.05, 0.1) is 80.5 Å². The zero-order valence-corrected chi connectivity index (χ0v) is 41.7. The summed E-state index contributed by atoms with van der Waals surface area (Å²) in [6.07, 6.45) is 18.1. The van der Waals surface area contributed by atoms with Gasteiger partial charge in [0.1, 0.15) is 12.2 Å². The summed E-state index contributed by atoms with van der Waals surface area (Å²) in [4.78, 5) is 0. The van der Waals surface area contributed by atoms with Crippen molar-refractivity contribution in [3.8, 4) is 0 Å². The van der Waals surface area contributed by atoms with Crippen molar-refractivity contribution in [2.45, 2.75) is 86.8 Å². The molecule has 1 aliphatic rings. The van der Waals surface area contributed by atoms with Gasteiger partial charge in [-0.05, 0) is 52.0 Å². The summed E-state index contributed by atoms with van der Waals surface area (Å²) in [5.41, 5.74) is 54.2. The summed E-state index contributed by atoms with van der Waals surface area (Å²) in [5, 5.41) is 55.0. The second-order valence-electron chi connectivity index (χ2n) is 14.1. The molecule has 0 aliphatic carbocycles. The van der Waals surface area contributed by atoms with Gasteiger partial charge in [0.25, 0.3) is 0 Å². The molecule has 71 heavy (non-hydrogen) atoms. The Labute approximate surface area is 412 Å². The Morgan fingerprint density at radius 2 is 1.25 bits per heavy atom. The van der Waals surface area contributed by atoms with Crippen molar-refractivity contribution in [1.82, 2.24) is 99.3 Å². The van der Waals surface area contributed by atoms with Crippen LogP contribution in [0.4, 0.5) is 0 Å². The highest BCUT2D eigenvalue weighted by atomic mass is 15.4. The number of aryl methyl sites for hydroxylation is 6. The molecule has 0 bridgehead atoms. The molecular weight excluding hydrogens is 915 g/mol. The molecule has 390 valence electrons. The zero-order chi connectivity index (χ0) is 52.7. The molecule has 0 saturated heterocycles.